The van der Waals surface area contributed by atoms with E-state index in [0.29, 0.717) is 17.6 Å². The van der Waals surface area contributed by atoms with Crippen LogP contribution in [0.2, 0.25) is 0 Å². The first-order chi connectivity index (χ1) is 8.58. The predicted octanol–water partition coefficient (Wildman–Crippen LogP) is 4.00. The van der Waals surface area contributed by atoms with Crippen LogP contribution in [0.25, 0.3) is 0 Å². The standard InChI is InChI=1S/C16H23NO/c1-9(11-3-4-11)14-7-13(17)8-15(16(14)18)10(2)12-5-6-12/h7-12,18H,3-6,17H2,1-2H3/t9-,10-/m1/s1. The van der Waals surface area contributed by atoms with E-state index >= 15 is 0 Å². The highest BCUT2D eigenvalue weighted by Gasteiger charge is 2.34. The van der Waals surface area contributed by atoms with Crippen LogP contribution >= 0.6 is 0 Å². The molecule has 2 saturated carbocycles. The molecular weight excluding hydrogens is 222 g/mol. The maximum atomic E-state index is 10.6. The molecule has 3 rings (SSSR count). The molecule has 2 atom stereocenters. The van der Waals surface area contributed by atoms with Crippen LogP contribution < -0.4 is 5.73 Å². The summed E-state index contributed by atoms with van der Waals surface area (Å²) in [6.45, 7) is 4.44. The van der Waals surface area contributed by atoms with Crippen LogP contribution in [0.15, 0.2) is 12.1 Å². The molecule has 0 heterocycles. The molecule has 0 unspecified atom stereocenters. The first-order valence-corrected chi connectivity index (χ1v) is 7.20. The average molecular weight is 245 g/mol. The molecule has 2 aliphatic rings. The van der Waals surface area contributed by atoms with Crippen LogP contribution in [0, 0.1) is 11.8 Å². The third-order valence-corrected chi connectivity index (χ3v) is 4.83. The van der Waals surface area contributed by atoms with Crippen LogP contribution in [0.4, 0.5) is 5.69 Å². The number of nitrogens with two attached hydrogens (primary N) is 1. The van der Waals surface area contributed by atoms with Crippen molar-refractivity contribution in [3.8, 4) is 5.75 Å². The van der Waals surface area contributed by atoms with Crippen molar-refractivity contribution in [1.82, 2.24) is 0 Å². The Balaban J connectivity index is 1.97. The highest BCUT2D eigenvalue weighted by Crippen LogP contribution is 2.50. The molecule has 3 N–H and O–H groups in total. The summed E-state index contributed by atoms with van der Waals surface area (Å²) in [7, 11) is 0. The van der Waals surface area contributed by atoms with Gasteiger partial charge in [0.1, 0.15) is 5.75 Å². The Hall–Kier alpha value is -1.18. The van der Waals surface area contributed by atoms with Gasteiger partial charge in [-0.1, -0.05) is 13.8 Å². The Morgan fingerprint density at radius 1 is 1.00 bits per heavy atom. The summed E-state index contributed by atoms with van der Waals surface area (Å²) in [5.74, 6) is 2.91. The summed E-state index contributed by atoms with van der Waals surface area (Å²) >= 11 is 0. The van der Waals surface area contributed by atoms with Crippen LogP contribution in [0.1, 0.15) is 62.5 Å². The highest BCUT2D eigenvalue weighted by atomic mass is 16.3. The predicted molar refractivity (Wildman–Crippen MR) is 74.8 cm³/mol. The number of rotatable bonds is 4. The van der Waals surface area contributed by atoms with Gasteiger partial charge < -0.3 is 10.8 Å². The van der Waals surface area contributed by atoms with Gasteiger partial charge in [0.15, 0.2) is 0 Å². The van der Waals surface area contributed by atoms with Crippen molar-refractivity contribution >= 4 is 5.69 Å². The zero-order valence-electron chi connectivity index (χ0n) is 11.3. The van der Waals surface area contributed by atoms with E-state index in [1.54, 1.807) is 0 Å². The van der Waals surface area contributed by atoms with Gasteiger partial charge in [-0.3, -0.25) is 0 Å². The van der Waals surface area contributed by atoms with Gasteiger partial charge in [-0.2, -0.15) is 0 Å². The van der Waals surface area contributed by atoms with E-state index in [9.17, 15) is 5.11 Å². The summed E-state index contributed by atoms with van der Waals surface area (Å²) in [5.41, 5.74) is 8.98. The van der Waals surface area contributed by atoms with Crippen LogP contribution in [-0.4, -0.2) is 5.11 Å². The van der Waals surface area contributed by atoms with Gasteiger partial charge in [0.05, 0.1) is 0 Å². The van der Waals surface area contributed by atoms with E-state index in [-0.39, 0.29) is 0 Å². The fourth-order valence-corrected chi connectivity index (χ4v) is 3.10. The molecule has 18 heavy (non-hydrogen) atoms. The second-order valence-corrected chi connectivity index (χ2v) is 6.30. The smallest absolute Gasteiger partial charge is 0.122 e. The summed E-state index contributed by atoms with van der Waals surface area (Å²) in [4.78, 5) is 0. The Kier molecular flexibility index (Phi) is 2.76. The van der Waals surface area contributed by atoms with Gasteiger partial charge in [0, 0.05) is 5.69 Å². The molecule has 1 aromatic rings. The minimum absolute atomic E-state index is 0.443. The lowest BCUT2D eigenvalue weighted by molar-refractivity contribution is 0.443. The van der Waals surface area contributed by atoms with Gasteiger partial charge in [-0.05, 0) is 72.6 Å². The van der Waals surface area contributed by atoms with Gasteiger partial charge in [-0.25, -0.2) is 0 Å². The molecule has 0 bridgehead atoms. The summed E-state index contributed by atoms with van der Waals surface area (Å²) < 4.78 is 0. The fourth-order valence-electron chi connectivity index (χ4n) is 3.10. The van der Waals surface area contributed by atoms with E-state index in [0.717, 1.165) is 28.7 Å². The van der Waals surface area contributed by atoms with Gasteiger partial charge in [-0.15, -0.1) is 0 Å². The van der Waals surface area contributed by atoms with Gasteiger partial charge in [0.25, 0.3) is 0 Å². The number of hydrogen-bond acceptors (Lipinski definition) is 2. The lowest BCUT2D eigenvalue weighted by Gasteiger charge is -2.20. The normalized spacial score (nSPS) is 22.8. The first kappa shape index (κ1) is 11.9. The molecule has 2 heteroatoms. The zero-order valence-corrected chi connectivity index (χ0v) is 11.3. The van der Waals surface area contributed by atoms with Crippen molar-refractivity contribution in [2.75, 3.05) is 5.73 Å². The maximum Gasteiger partial charge on any atom is 0.122 e. The largest absolute Gasteiger partial charge is 0.507 e. The molecular formula is C16H23NO. The Morgan fingerprint density at radius 3 is 1.72 bits per heavy atom. The van der Waals surface area contributed by atoms with Crippen molar-refractivity contribution in [3.05, 3.63) is 23.3 Å². The monoisotopic (exact) mass is 245 g/mol. The Bertz CT molecular complexity index is 421. The molecule has 0 aromatic heterocycles. The van der Waals surface area contributed by atoms with E-state index < -0.39 is 0 Å². The molecule has 2 fully saturated rings. The van der Waals surface area contributed by atoms with Crippen molar-refractivity contribution in [2.45, 2.75) is 51.4 Å². The van der Waals surface area contributed by atoms with Crippen LogP contribution in [0.3, 0.4) is 0 Å². The first-order valence-electron chi connectivity index (χ1n) is 7.20. The number of benzene rings is 1. The third-order valence-electron chi connectivity index (χ3n) is 4.83. The topological polar surface area (TPSA) is 46.2 Å². The minimum atomic E-state index is 0.443. The maximum absolute atomic E-state index is 10.6. The minimum Gasteiger partial charge on any atom is -0.507 e. The molecule has 1 aromatic carbocycles. The Labute approximate surface area is 109 Å². The molecule has 0 amide bonds. The van der Waals surface area contributed by atoms with E-state index in [2.05, 4.69) is 13.8 Å². The molecule has 0 spiro atoms. The Morgan fingerprint density at radius 2 is 1.39 bits per heavy atom. The SMILES string of the molecule is C[C@@H](c1cc(N)cc([C@H](C)C2CC2)c1O)C1CC1. The summed E-state index contributed by atoms with van der Waals surface area (Å²) in [6, 6.07) is 3.95. The van der Waals surface area contributed by atoms with Gasteiger partial charge in [0.2, 0.25) is 0 Å². The number of aromatic hydroxyl groups is 1. The number of phenolic OH excluding ortho intramolecular Hbond substituents is 1. The van der Waals surface area contributed by atoms with Crippen LogP contribution in [-0.2, 0) is 0 Å². The van der Waals surface area contributed by atoms with E-state index in [4.69, 9.17) is 5.73 Å². The van der Waals surface area contributed by atoms with Crippen molar-refractivity contribution in [1.29, 1.82) is 0 Å². The zero-order chi connectivity index (χ0) is 12.9. The van der Waals surface area contributed by atoms with Crippen LogP contribution in [0.5, 0.6) is 5.75 Å². The van der Waals surface area contributed by atoms with E-state index in [1.165, 1.54) is 25.7 Å². The summed E-state index contributed by atoms with van der Waals surface area (Å²) in [6.07, 6.45) is 5.18. The quantitative estimate of drug-likeness (QED) is 0.622. The third kappa shape index (κ3) is 2.09. The lowest BCUT2D eigenvalue weighted by Crippen LogP contribution is -2.04. The molecule has 2 aliphatic carbocycles. The number of nitrogen functional groups attached to an aromatic ring is 1. The van der Waals surface area contributed by atoms with Crippen molar-refractivity contribution in [3.63, 3.8) is 0 Å². The molecule has 0 saturated heterocycles. The molecule has 0 radical (unpaired) electrons. The molecule has 0 aliphatic heterocycles. The molecule has 2 nitrogen and oxygen atoms in total. The van der Waals surface area contributed by atoms with Crippen molar-refractivity contribution < 1.29 is 5.11 Å². The summed E-state index contributed by atoms with van der Waals surface area (Å²) in [5, 5.41) is 10.6. The number of phenols is 1. The molecule has 98 valence electrons. The fraction of sp³-hybridized carbons (Fsp3) is 0.625. The van der Waals surface area contributed by atoms with Crippen molar-refractivity contribution in [2.24, 2.45) is 11.8 Å². The highest BCUT2D eigenvalue weighted by molar-refractivity contribution is 5.55. The average Bonchev–Trinajstić information content (AvgIpc) is 3.18. The second kappa shape index (κ2) is 4.18. The van der Waals surface area contributed by atoms with E-state index in [1.807, 2.05) is 12.1 Å². The lowest BCUT2D eigenvalue weighted by atomic mass is 9.87. The second-order valence-electron chi connectivity index (χ2n) is 6.30. The van der Waals surface area contributed by atoms with Gasteiger partial charge >= 0.3 is 0 Å². The number of hydrogen-bond donors (Lipinski definition) is 2. The number of anilines is 1.